The van der Waals surface area contributed by atoms with Crippen molar-refractivity contribution in [2.45, 2.75) is 31.0 Å². The standard InChI is InChI=1S/C23H26FNO4S3/c1-17(2)14-25(32(28,29)16-18-7-9-20(24)10-8-18)15-21-11-12-23(30-21)19-5-4-6-22(13-19)31(3,26)27/h4-13,17H,14-16H2,1-3H3. The van der Waals surface area contributed by atoms with Gasteiger partial charge in [-0.15, -0.1) is 11.3 Å². The maximum Gasteiger partial charge on any atom is 0.218 e. The molecule has 0 saturated carbocycles. The number of nitrogens with zero attached hydrogens (tertiary/aromatic N) is 1. The molecule has 0 unspecified atom stereocenters. The zero-order chi connectivity index (χ0) is 23.5. The summed E-state index contributed by atoms with van der Waals surface area (Å²) in [6.07, 6.45) is 1.17. The van der Waals surface area contributed by atoms with E-state index in [9.17, 15) is 21.2 Å². The Morgan fingerprint density at radius 1 is 0.969 bits per heavy atom. The summed E-state index contributed by atoms with van der Waals surface area (Å²) in [6, 6.07) is 15.9. The maximum atomic E-state index is 13.2. The molecule has 172 valence electrons. The van der Waals surface area contributed by atoms with Crippen LogP contribution in [0.15, 0.2) is 65.6 Å². The van der Waals surface area contributed by atoms with E-state index in [0.717, 1.165) is 15.3 Å². The SMILES string of the molecule is CC(C)CN(Cc1ccc(-c2cccc(S(C)(=O)=O)c2)s1)S(=O)(=O)Cc1ccc(F)cc1. The molecule has 1 aromatic heterocycles. The van der Waals surface area contributed by atoms with Crippen LogP contribution in [0.2, 0.25) is 0 Å². The monoisotopic (exact) mass is 495 g/mol. The third kappa shape index (κ3) is 6.48. The topological polar surface area (TPSA) is 71.5 Å². The van der Waals surface area contributed by atoms with Gasteiger partial charge in [0.25, 0.3) is 0 Å². The summed E-state index contributed by atoms with van der Waals surface area (Å²) in [4.78, 5) is 1.97. The molecule has 0 spiro atoms. The Kier molecular flexibility index (Phi) is 7.54. The first kappa shape index (κ1) is 24.6. The van der Waals surface area contributed by atoms with E-state index >= 15 is 0 Å². The molecule has 3 aromatic rings. The summed E-state index contributed by atoms with van der Waals surface area (Å²) in [7, 11) is -6.94. The lowest BCUT2D eigenvalue weighted by Gasteiger charge is -2.23. The van der Waals surface area contributed by atoms with E-state index in [0.29, 0.717) is 12.1 Å². The van der Waals surface area contributed by atoms with Gasteiger partial charge in [-0.05, 0) is 53.4 Å². The van der Waals surface area contributed by atoms with Crippen LogP contribution in [-0.4, -0.2) is 33.9 Å². The predicted molar refractivity (Wildman–Crippen MR) is 127 cm³/mol. The molecule has 0 aliphatic carbocycles. The minimum Gasteiger partial charge on any atom is -0.224 e. The molecule has 3 rings (SSSR count). The molecule has 0 amide bonds. The van der Waals surface area contributed by atoms with Crippen molar-refractivity contribution in [3.63, 3.8) is 0 Å². The molecule has 2 aromatic carbocycles. The van der Waals surface area contributed by atoms with Crippen LogP contribution in [0, 0.1) is 11.7 Å². The van der Waals surface area contributed by atoms with Crippen LogP contribution in [0.3, 0.4) is 0 Å². The fourth-order valence-corrected chi connectivity index (χ4v) is 6.66. The first-order valence-electron chi connectivity index (χ1n) is 10.1. The number of benzene rings is 2. The van der Waals surface area contributed by atoms with Gasteiger partial charge in [-0.2, -0.15) is 4.31 Å². The van der Waals surface area contributed by atoms with Gasteiger partial charge in [0.15, 0.2) is 9.84 Å². The van der Waals surface area contributed by atoms with Crippen LogP contribution in [0.1, 0.15) is 24.3 Å². The molecule has 32 heavy (non-hydrogen) atoms. The number of halogens is 1. The zero-order valence-electron chi connectivity index (χ0n) is 18.2. The van der Waals surface area contributed by atoms with Crippen LogP contribution in [0.25, 0.3) is 10.4 Å². The number of sulfonamides is 1. The molecule has 1 heterocycles. The van der Waals surface area contributed by atoms with Crippen LogP contribution in [-0.2, 0) is 32.2 Å². The molecule has 0 aliphatic heterocycles. The van der Waals surface area contributed by atoms with E-state index in [1.807, 2.05) is 32.0 Å². The maximum absolute atomic E-state index is 13.2. The summed E-state index contributed by atoms with van der Waals surface area (Å²) >= 11 is 1.43. The van der Waals surface area contributed by atoms with E-state index in [-0.39, 0.29) is 23.1 Å². The van der Waals surface area contributed by atoms with Crippen molar-refractivity contribution >= 4 is 31.2 Å². The van der Waals surface area contributed by atoms with E-state index < -0.39 is 25.7 Å². The second-order valence-corrected chi connectivity index (χ2v) is 13.3. The predicted octanol–water partition coefficient (Wildman–Crippen LogP) is 4.95. The molecule has 0 atom stereocenters. The smallest absolute Gasteiger partial charge is 0.218 e. The van der Waals surface area contributed by atoms with Crippen LogP contribution >= 0.6 is 11.3 Å². The third-order valence-electron chi connectivity index (χ3n) is 4.77. The molecule has 0 bridgehead atoms. The Bertz CT molecular complexity index is 1280. The highest BCUT2D eigenvalue weighted by molar-refractivity contribution is 7.90. The summed E-state index contributed by atoms with van der Waals surface area (Å²) in [5.74, 6) is -0.477. The van der Waals surface area contributed by atoms with Crippen LogP contribution in [0.4, 0.5) is 4.39 Å². The fraction of sp³-hybridized carbons (Fsp3) is 0.304. The van der Waals surface area contributed by atoms with Gasteiger partial charge in [0.1, 0.15) is 5.82 Å². The van der Waals surface area contributed by atoms with Crippen molar-refractivity contribution in [1.29, 1.82) is 0 Å². The highest BCUT2D eigenvalue weighted by atomic mass is 32.2. The average molecular weight is 496 g/mol. The van der Waals surface area contributed by atoms with Gasteiger partial charge in [-0.1, -0.05) is 38.1 Å². The normalized spacial score (nSPS) is 12.6. The molecular weight excluding hydrogens is 469 g/mol. The van der Waals surface area contributed by atoms with E-state index in [4.69, 9.17) is 0 Å². The lowest BCUT2D eigenvalue weighted by Crippen LogP contribution is -2.34. The van der Waals surface area contributed by atoms with Gasteiger partial charge in [0.05, 0.1) is 10.6 Å². The quantitative estimate of drug-likeness (QED) is 0.421. The molecule has 0 saturated heterocycles. The Morgan fingerprint density at radius 2 is 1.66 bits per heavy atom. The minimum atomic E-state index is -3.62. The van der Waals surface area contributed by atoms with E-state index in [2.05, 4.69) is 0 Å². The molecule has 0 radical (unpaired) electrons. The van der Waals surface area contributed by atoms with Crippen LogP contribution in [0.5, 0.6) is 0 Å². The fourth-order valence-electron chi connectivity index (χ4n) is 3.24. The lowest BCUT2D eigenvalue weighted by atomic mass is 10.2. The van der Waals surface area contributed by atoms with Crippen molar-refractivity contribution in [2.24, 2.45) is 5.92 Å². The van der Waals surface area contributed by atoms with Gasteiger partial charge >= 0.3 is 0 Å². The molecule has 0 fully saturated rings. The summed E-state index contributed by atoms with van der Waals surface area (Å²) in [6.45, 7) is 4.49. The highest BCUT2D eigenvalue weighted by Crippen LogP contribution is 2.31. The number of thiophene rings is 1. The van der Waals surface area contributed by atoms with Gasteiger partial charge in [0, 0.05) is 29.1 Å². The van der Waals surface area contributed by atoms with Crippen molar-refractivity contribution in [1.82, 2.24) is 4.31 Å². The largest absolute Gasteiger partial charge is 0.224 e. The number of sulfone groups is 1. The van der Waals surface area contributed by atoms with E-state index in [1.165, 1.54) is 46.2 Å². The van der Waals surface area contributed by atoms with Crippen molar-refractivity contribution in [2.75, 3.05) is 12.8 Å². The molecule has 5 nitrogen and oxygen atoms in total. The first-order valence-corrected chi connectivity index (χ1v) is 14.4. The molecular formula is C23H26FNO4S3. The van der Waals surface area contributed by atoms with E-state index in [1.54, 1.807) is 18.2 Å². The second kappa shape index (κ2) is 9.82. The van der Waals surface area contributed by atoms with Gasteiger partial charge in [-0.25, -0.2) is 21.2 Å². The molecule has 0 aliphatic rings. The Morgan fingerprint density at radius 3 is 2.28 bits per heavy atom. The summed E-state index contributed by atoms with van der Waals surface area (Å²) < 4.78 is 64.6. The zero-order valence-corrected chi connectivity index (χ0v) is 20.6. The second-order valence-electron chi connectivity index (χ2n) is 8.14. The van der Waals surface area contributed by atoms with Crippen molar-refractivity contribution in [3.8, 4) is 10.4 Å². The highest BCUT2D eigenvalue weighted by Gasteiger charge is 2.24. The van der Waals surface area contributed by atoms with Crippen molar-refractivity contribution < 1.29 is 21.2 Å². The van der Waals surface area contributed by atoms with Gasteiger partial charge in [0.2, 0.25) is 10.0 Å². The Labute approximate surface area is 193 Å². The lowest BCUT2D eigenvalue weighted by molar-refractivity contribution is 0.364. The molecule has 0 N–H and O–H groups in total. The number of rotatable bonds is 9. The Hall–Kier alpha value is -2.07. The molecule has 9 heteroatoms. The van der Waals surface area contributed by atoms with Gasteiger partial charge in [-0.3, -0.25) is 0 Å². The summed E-state index contributed by atoms with van der Waals surface area (Å²) in [5.41, 5.74) is 1.30. The average Bonchev–Trinajstić information content (AvgIpc) is 3.17. The minimum absolute atomic E-state index is 0.129. The Balaban J connectivity index is 1.84. The first-order chi connectivity index (χ1) is 14.9. The number of hydrogen-bond acceptors (Lipinski definition) is 5. The summed E-state index contributed by atoms with van der Waals surface area (Å²) in [5, 5.41) is 0. The number of hydrogen-bond donors (Lipinski definition) is 0. The van der Waals surface area contributed by atoms with Crippen LogP contribution < -0.4 is 0 Å². The third-order valence-corrected chi connectivity index (χ3v) is 8.76. The van der Waals surface area contributed by atoms with Crippen molar-refractivity contribution in [3.05, 3.63) is 76.9 Å². The van der Waals surface area contributed by atoms with Gasteiger partial charge < -0.3 is 0 Å².